The van der Waals surface area contributed by atoms with Gasteiger partial charge < -0.3 is 107 Å². The molecule has 0 radical (unpaired) electrons. The minimum absolute atomic E-state index is 0. The summed E-state index contributed by atoms with van der Waals surface area (Å²) in [5.41, 5.74) is 12.8. The minimum atomic E-state index is -1.00. The maximum Gasteiger partial charge on any atom is 0.408 e. The molecule has 9 fully saturated rings. The summed E-state index contributed by atoms with van der Waals surface area (Å²) in [6.45, 7) is 10.3. The quantitative estimate of drug-likeness (QED) is 0.0149. The molecule has 0 spiro atoms. The van der Waals surface area contributed by atoms with E-state index in [1.54, 1.807) is 60.1 Å². The number of Topliss-reactive ketones (excluding diaryl/α,β-unsaturated/α-hetero) is 3. The fourth-order valence-electron chi connectivity index (χ4n) is 16.4. The fourth-order valence-corrected chi connectivity index (χ4v) is 16.4. The normalized spacial score (nSPS) is 20.4. The lowest BCUT2D eigenvalue weighted by Gasteiger charge is -2.23. The number of carbonyl (C=O) groups is 17. The molecule has 38 nitrogen and oxygen atoms in total. The van der Waals surface area contributed by atoms with Crippen LogP contribution >= 0.6 is 24.8 Å². The summed E-state index contributed by atoms with van der Waals surface area (Å²) in [5, 5.41) is 38.1. The summed E-state index contributed by atoms with van der Waals surface area (Å²) in [4.78, 5) is 205. The van der Waals surface area contributed by atoms with E-state index in [1.807, 2.05) is 37.3 Å². The standard InChI is InChI=1S/C25H31N3O6.C16H25NO4.C15H24N2O4.C11H19NO4.C10H9NO3.C9H15NO3.C8H14N2O3.2ClH/c1-33-22-8-4-6-17-16(22)13-19(26-17)24(31)27-18(11-14-9-10-14)23(30)28-20(25(32)34-2)12-15-5-3-7-21(15)29;1-10(8-11-6-7-11)15(19)17-13(16(20)21-2)9-12-4-3-5-14(12)18;1-21-15(20)12(8-10-3-2-4-13(10)18)17-14(19)11(16)7-9-5-6-9;1-11(2,3)16-10(15)12-8(9(13)14)6-7-4-5-7;1-14-9-4-2-3-7-6(9)5-8(11-7)10(12)13;1-6(9(12)13-2)5-7-3-4-10-8(7)11;1-13-8(12)6(9)4-5-2-3-10-7(5)11;;/h4,6,8,13-15,18,20,26H,3,5,7,9-12H2,1-2H3,(H,27,31)(H,28,30);10-13H,3-9H2,1-2H3,(H,17,19);9-12H,2-8,16H2,1H3,(H,17,19);7-8H,4-6H2,1-3H3,(H,12,15)(H,13,14);2-5,11H,1H3,(H,12,13);6-7H,3-5H2,1-2H3,(H,10,11);5-6H,2-4,9H2,1H3,(H,10,11);2*1H/t15-,18-,20-;10-,12-,13-;10-,11-,12-;8-;;6-,7-;5-,6-;;/m0000.00../s1. The maximum absolute atomic E-state index is 13.2. The van der Waals surface area contributed by atoms with Crippen LogP contribution in [0.4, 0.5) is 4.79 Å². The van der Waals surface area contributed by atoms with Crippen molar-refractivity contribution >= 4 is 147 Å². The number of esters is 5. The molecule has 0 unspecified atom stereocenters. The molecule has 2 aromatic carbocycles. The zero-order valence-corrected chi connectivity index (χ0v) is 80.4. The van der Waals surface area contributed by atoms with Crippen LogP contribution in [0.1, 0.15) is 235 Å². The molecule has 4 heterocycles. The van der Waals surface area contributed by atoms with Gasteiger partial charge in [0.2, 0.25) is 29.5 Å². The molecule has 7 saturated carbocycles. The van der Waals surface area contributed by atoms with Crippen molar-refractivity contribution in [1.82, 2.24) is 47.2 Å². The number of hydrogen-bond acceptors (Lipinski definition) is 27. The molecule has 40 heteroatoms. The van der Waals surface area contributed by atoms with E-state index >= 15 is 0 Å². The highest BCUT2D eigenvalue weighted by Crippen LogP contribution is 2.38. The van der Waals surface area contributed by atoms with Crippen LogP contribution in [0.5, 0.6) is 11.5 Å². The van der Waals surface area contributed by atoms with Crippen LogP contribution in [0.2, 0.25) is 0 Å². The zero-order valence-electron chi connectivity index (χ0n) is 78.8. The summed E-state index contributed by atoms with van der Waals surface area (Å²) >= 11 is 0. The van der Waals surface area contributed by atoms with Gasteiger partial charge in [-0.1, -0.05) is 77.3 Å². The summed E-state index contributed by atoms with van der Waals surface area (Å²) in [6, 6.07) is 8.83. The van der Waals surface area contributed by atoms with Crippen molar-refractivity contribution < 1.29 is 130 Å². The van der Waals surface area contributed by atoms with Crippen molar-refractivity contribution in [2.45, 2.75) is 262 Å². The minimum Gasteiger partial charge on any atom is -0.496 e. The molecule has 14 atom stereocenters. The SMILES string of the molecule is CC(C)(C)OC(=O)N[C@@H](CC1CC1)C(=O)O.COC(=O)[C@@H](C)C[C@@H]1CCNC1=O.COC(=O)[C@@H](N)C[C@@H]1CCNC1=O.COC(=O)[C@H](C[C@@H]1CCCC1=O)NC(=O)[C@@H](C)CC1CC1.COC(=O)[C@H](C[C@@H]1CCCC1=O)NC(=O)[C@@H](N)CC1CC1.COC(=O)[C@H](C[C@@H]1CCCC1=O)NC(=O)[C@H](CC1CC1)NC(=O)c1cc2c(OC)cccc2[nH]1.COc1cccc2[nH]c(C(=O)O)cc12.Cl.Cl. The number of alkyl carbamates (subject to hydrolysis) is 1. The second kappa shape index (κ2) is 55.8. The Kier molecular flexibility index (Phi) is 47.2. The predicted octanol–water partition coefficient (Wildman–Crippen LogP) is 8.68. The number of halogens is 2. The number of aromatic nitrogens is 2. The average molecular weight is 1930 g/mol. The number of aromatic carboxylic acids is 1. The second-order valence-corrected chi connectivity index (χ2v) is 36.5. The predicted molar refractivity (Wildman–Crippen MR) is 495 cm³/mol. The largest absolute Gasteiger partial charge is 0.496 e. The van der Waals surface area contributed by atoms with Crippen LogP contribution < -0.4 is 58.2 Å². The average Bonchev–Trinajstić information content (AvgIpc) is 1.66. The number of benzene rings is 2. The third-order valence-electron chi connectivity index (χ3n) is 24.6. The van der Waals surface area contributed by atoms with Crippen LogP contribution in [-0.2, 0) is 95.5 Å². The number of carboxylic acids is 2. The Bertz CT molecular complexity index is 4530. The topological polar surface area (TPSA) is 572 Å². The number of methoxy groups -OCH3 is 7. The molecule has 7 amide bonds. The lowest BCUT2D eigenvalue weighted by atomic mass is 9.95. The van der Waals surface area contributed by atoms with Gasteiger partial charge in [0, 0.05) is 89.7 Å². The van der Waals surface area contributed by atoms with Gasteiger partial charge >= 0.3 is 47.9 Å². The number of amides is 7. The first kappa shape index (κ1) is 114. The van der Waals surface area contributed by atoms with Crippen molar-refractivity contribution in [2.24, 2.45) is 76.6 Å². The Hall–Kier alpha value is -11.0. The molecule has 4 aromatic rings. The molecule has 2 aromatic heterocycles. The maximum atomic E-state index is 13.2. The Morgan fingerprint density at radius 1 is 0.410 bits per heavy atom. The number of carbonyl (C=O) groups excluding carboxylic acids is 15. The van der Waals surface area contributed by atoms with Gasteiger partial charge in [-0.3, -0.25) is 52.7 Å². The summed E-state index contributed by atoms with van der Waals surface area (Å²) in [7, 11) is 9.63. The smallest absolute Gasteiger partial charge is 0.408 e. The number of aliphatic carboxylic acids is 1. The lowest BCUT2D eigenvalue weighted by Crippen LogP contribution is -2.52. The highest BCUT2D eigenvalue weighted by atomic mass is 35.5. The van der Waals surface area contributed by atoms with E-state index in [0.717, 1.165) is 118 Å². The van der Waals surface area contributed by atoms with Crippen molar-refractivity contribution in [1.29, 1.82) is 0 Å². The van der Waals surface area contributed by atoms with Gasteiger partial charge in [-0.25, -0.2) is 28.8 Å². The Morgan fingerprint density at radius 2 is 0.799 bits per heavy atom. The number of rotatable bonds is 36. The summed E-state index contributed by atoms with van der Waals surface area (Å²) in [6.07, 6.45) is 20.5. The van der Waals surface area contributed by atoms with Gasteiger partial charge in [0.25, 0.3) is 5.91 Å². The molecule has 2 saturated heterocycles. The lowest BCUT2D eigenvalue weighted by molar-refractivity contribution is -0.146. The van der Waals surface area contributed by atoms with Gasteiger partial charge in [0.1, 0.15) is 82.1 Å². The van der Waals surface area contributed by atoms with Gasteiger partial charge in [-0.2, -0.15) is 0 Å². The van der Waals surface area contributed by atoms with Crippen LogP contribution in [0.3, 0.4) is 0 Å². The Labute approximate surface area is 793 Å². The number of carboxylic acid groups (broad SMARTS) is 2. The van der Waals surface area contributed by atoms with E-state index in [1.165, 1.54) is 48.4 Å². The number of hydrogen-bond donors (Lipinski definition) is 13. The molecule has 9 aliphatic rings. The first-order valence-corrected chi connectivity index (χ1v) is 45.7. The van der Waals surface area contributed by atoms with Crippen molar-refractivity contribution in [3.63, 3.8) is 0 Å². The molecule has 2 aliphatic heterocycles. The van der Waals surface area contributed by atoms with Gasteiger partial charge in [0.05, 0.1) is 61.7 Å². The Balaban J connectivity index is 0.000000284. The highest BCUT2D eigenvalue weighted by molar-refractivity contribution is 6.02. The number of fused-ring (bicyclic) bond motifs is 2. The number of aromatic amines is 2. The first-order valence-electron chi connectivity index (χ1n) is 45.7. The number of ether oxygens (including phenoxy) is 8. The molecule has 134 heavy (non-hydrogen) atoms. The molecular formula is C94H139Cl2N11O27. The third-order valence-corrected chi connectivity index (χ3v) is 24.6. The monoisotopic (exact) mass is 1920 g/mol. The van der Waals surface area contributed by atoms with Crippen molar-refractivity contribution in [3.05, 3.63) is 59.9 Å². The number of nitrogens with one attached hydrogen (secondary N) is 9. The molecular weight excluding hydrogens is 1790 g/mol. The van der Waals surface area contributed by atoms with Crippen molar-refractivity contribution in [3.8, 4) is 11.5 Å². The van der Waals surface area contributed by atoms with E-state index in [2.05, 4.69) is 56.7 Å². The van der Waals surface area contributed by atoms with Crippen LogP contribution in [0.15, 0.2) is 48.5 Å². The Morgan fingerprint density at radius 3 is 1.17 bits per heavy atom. The van der Waals surface area contributed by atoms with Gasteiger partial charge in [0.15, 0.2) is 0 Å². The molecule has 7 aliphatic carbocycles. The van der Waals surface area contributed by atoms with E-state index < -0.39 is 102 Å². The van der Waals surface area contributed by atoms with E-state index in [4.69, 9.17) is 50.1 Å². The van der Waals surface area contributed by atoms with Crippen LogP contribution in [-0.4, -0.2) is 232 Å². The van der Waals surface area contributed by atoms with Crippen LogP contribution in [0, 0.1) is 65.1 Å². The van der Waals surface area contributed by atoms with E-state index in [9.17, 15) is 81.5 Å². The third kappa shape index (κ3) is 38.1. The highest BCUT2D eigenvalue weighted by Gasteiger charge is 2.41. The van der Waals surface area contributed by atoms with Crippen LogP contribution in [0.25, 0.3) is 21.8 Å². The van der Waals surface area contributed by atoms with E-state index in [-0.39, 0.29) is 125 Å². The first-order chi connectivity index (χ1) is 62.7. The number of ketones is 3. The molecule has 13 rings (SSSR count). The van der Waals surface area contributed by atoms with Crippen molar-refractivity contribution in [2.75, 3.05) is 62.9 Å². The van der Waals surface area contributed by atoms with E-state index in [0.29, 0.717) is 118 Å². The number of nitrogens with two attached hydrogens (primary N) is 2. The fraction of sp³-hybridized carbons (Fsp3) is 0.649. The van der Waals surface area contributed by atoms with Gasteiger partial charge in [-0.15, -0.1) is 24.8 Å². The number of H-pyrrole nitrogens is 2. The van der Waals surface area contributed by atoms with Gasteiger partial charge in [-0.05, 0) is 190 Å². The second-order valence-electron chi connectivity index (χ2n) is 36.5. The molecule has 0 bridgehead atoms. The summed E-state index contributed by atoms with van der Waals surface area (Å²) < 4.78 is 38.9. The summed E-state index contributed by atoms with van der Waals surface area (Å²) in [5.74, 6) is -2.64. The zero-order chi connectivity index (χ0) is 97.2. The molecule has 15 N–H and O–H groups in total. The molecule has 746 valence electrons.